The summed E-state index contributed by atoms with van der Waals surface area (Å²) < 4.78 is 0. The minimum Gasteiger partial charge on any atom is -0.312 e. The second-order valence-electron chi connectivity index (χ2n) is 6.67. The van der Waals surface area contributed by atoms with E-state index in [0.29, 0.717) is 18.1 Å². The van der Waals surface area contributed by atoms with Crippen LogP contribution in [0.25, 0.3) is 0 Å². The molecule has 0 radical (unpaired) electrons. The third-order valence-electron chi connectivity index (χ3n) is 4.44. The summed E-state index contributed by atoms with van der Waals surface area (Å²) in [6.45, 7) is 14.2. The molecular formula is C16H35N3. The van der Waals surface area contributed by atoms with Gasteiger partial charge in [-0.2, -0.15) is 0 Å². The van der Waals surface area contributed by atoms with Gasteiger partial charge in [0.2, 0.25) is 0 Å². The molecule has 3 nitrogen and oxygen atoms in total. The molecule has 1 N–H and O–H groups in total. The van der Waals surface area contributed by atoms with E-state index in [1.807, 2.05) is 0 Å². The fourth-order valence-electron chi connectivity index (χ4n) is 2.70. The molecule has 19 heavy (non-hydrogen) atoms. The number of unbranched alkanes of at least 4 members (excludes halogenated alkanes) is 1. The van der Waals surface area contributed by atoms with Gasteiger partial charge in [-0.25, -0.2) is 0 Å². The van der Waals surface area contributed by atoms with Gasteiger partial charge in [-0.1, -0.05) is 0 Å². The molecule has 1 aliphatic rings. The zero-order valence-electron chi connectivity index (χ0n) is 13.8. The van der Waals surface area contributed by atoms with E-state index in [1.165, 1.54) is 51.9 Å². The molecule has 0 spiro atoms. The molecule has 114 valence electrons. The van der Waals surface area contributed by atoms with Crippen molar-refractivity contribution in [1.29, 1.82) is 0 Å². The Morgan fingerprint density at radius 3 is 2.21 bits per heavy atom. The van der Waals surface area contributed by atoms with E-state index >= 15 is 0 Å². The van der Waals surface area contributed by atoms with Gasteiger partial charge in [-0.05, 0) is 86.6 Å². The van der Waals surface area contributed by atoms with E-state index in [9.17, 15) is 0 Å². The minimum atomic E-state index is 0.671. The van der Waals surface area contributed by atoms with Crippen molar-refractivity contribution in [2.75, 3.05) is 33.2 Å². The van der Waals surface area contributed by atoms with Crippen molar-refractivity contribution in [2.45, 2.75) is 71.5 Å². The molecule has 0 aromatic rings. The van der Waals surface area contributed by atoms with Gasteiger partial charge in [-0.3, -0.25) is 0 Å². The van der Waals surface area contributed by atoms with Crippen LogP contribution in [0.3, 0.4) is 0 Å². The Morgan fingerprint density at radius 1 is 1.11 bits per heavy atom. The summed E-state index contributed by atoms with van der Waals surface area (Å²) in [5, 5.41) is 3.66. The van der Waals surface area contributed by atoms with Crippen LogP contribution in [0, 0.1) is 0 Å². The maximum Gasteiger partial charge on any atom is 0.00533 e. The van der Waals surface area contributed by atoms with Gasteiger partial charge in [0.1, 0.15) is 0 Å². The van der Waals surface area contributed by atoms with Crippen LogP contribution >= 0.6 is 0 Å². The summed E-state index contributed by atoms with van der Waals surface area (Å²) in [5.41, 5.74) is 0. The number of nitrogens with one attached hydrogen (secondary N) is 1. The second kappa shape index (κ2) is 8.93. The van der Waals surface area contributed by atoms with Gasteiger partial charge in [0.25, 0.3) is 0 Å². The Bertz CT molecular complexity index is 218. The predicted octanol–water partition coefficient (Wildman–Crippen LogP) is 2.57. The lowest BCUT2D eigenvalue weighted by atomic mass is 10.1. The lowest BCUT2D eigenvalue weighted by molar-refractivity contribution is 0.207. The molecule has 0 bridgehead atoms. The van der Waals surface area contributed by atoms with Crippen molar-refractivity contribution in [3.63, 3.8) is 0 Å². The van der Waals surface area contributed by atoms with Crippen molar-refractivity contribution in [1.82, 2.24) is 15.1 Å². The molecule has 1 aliphatic heterocycles. The molecule has 0 amide bonds. The molecule has 0 aromatic heterocycles. The molecule has 0 saturated carbocycles. The van der Waals surface area contributed by atoms with E-state index in [-0.39, 0.29) is 0 Å². The maximum atomic E-state index is 3.66. The Kier molecular flexibility index (Phi) is 7.96. The monoisotopic (exact) mass is 269 g/mol. The molecule has 1 saturated heterocycles. The first-order valence-corrected chi connectivity index (χ1v) is 8.17. The van der Waals surface area contributed by atoms with Crippen LogP contribution in [0.15, 0.2) is 0 Å². The Hall–Kier alpha value is -0.120. The number of hydrogen-bond acceptors (Lipinski definition) is 3. The molecule has 1 fully saturated rings. The van der Waals surface area contributed by atoms with E-state index in [2.05, 4.69) is 49.9 Å². The Labute approximate surface area is 120 Å². The summed E-state index contributed by atoms with van der Waals surface area (Å²) in [5.74, 6) is 0. The highest BCUT2D eigenvalue weighted by molar-refractivity contribution is 4.75. The van der Waals surface area contributed by atoms with Crippen LogP contribution in [0.1, 0.15) is 53.4 Å². The highest BCUT2D eigenvalue weighted by atomic mass is 15.1. The number of hydrogen-bond donors (Lipinski definition) is 1. The van der Waals surface area contributed by atoms with Crippen molar-refractivity contribution in [2.24, 2.45) is 0 Å². The summed E-state index contributed by atoms with van der Waals surface area (Å²) in [7, 11) is 2.23. The molecule has 0 aromatic carbocycles. The van der Waals surface area contributed by atoms with Crippen molar-refractivity contribution in [3.05, 3.63) is 0 Å². The molecule has 1 rings (SSSR count). The molecule has 3 heteroatoms. The number of nitrogens with zero attached hydrogens (tertiary/aromatic N) is 2. The molecule has 0 aliphatic carbocycles. The fourth-order valence-corrected chi connectivity index (χ4v) is 2.70. The average Bonchev–Trinajstić information content (AvgIpc) is 2.34. The van der Waals surface area contributed by atoms with E-state index in [0.717, 1.165) is 0 Å². The maximum absolute atomic E-state index is 3.66. The van der Waals surface area contributed by atoms with Gasteiger partial charge in [-0.15, -0.1) is 0 Å². The van der Waals surface area contributed by atoms with Gasteiger partial charge in [0.05, 0.1) is 0 Å². The largest absolute Gasteiger partial charge is 0.312 e. The fraction of sp³-hybridized carbons (Fsp3) is 1.00. The van der Waals surface area contributed by atoms with Crippen molar-refractivity contribution in [3.8, 4) is 0 Å². The van der Waals surface area contributed by atoms with E-state index in [4.69, 9.17) is 0 Å². The van der Waals surface area contributed by atoms with E-state index in [1.54, 1.807) is 0 Å². The first-order chi connectivity index (χ1) is 8.99. The highest BCUT2D eigenvalue weighted by Crippen LogP contribution is 2.08. The van der Waals surface area contributed by atoms with Gasteiger partial charge >= 0.3 is 0 Å². The van der Waals surface area contributed by atoms with Gasteiger partial charge in [0.15, 0.2) is 0 Å². The number of rotatable bonds is 6. The zero-order chi connectivity index (χ0) is 14.3. The Balaban J connectivity index is 2.17. The van der Waals surface area contributed by atoms with Gasteiger partial charge < -0.3 is 15.1 Å². The standard InChI is InChI=1S/C16H35N3/c1-14(2)18(5)10-6-7-11-19-12-8-15(3)17-16(4)9-13-19/h14-17H,6-13H2,1-5H3. The quantitative estimate of drug-likeness (QED) is 0.748. The van der Waals surface area contributed by atoms with Crippen LogP contribution < -0.4 is 5.32 Å². The van der Waals surface area contributed by atoms with Gasteiger partial charge in [0, 0.05) is 18.1 Å². The highest BCUT2D eigenvalue weighted by Gasteiger charge is 2.15. The smallest absolute Gasteiger partial charge is 0.00533 e. The first kappa shape index (κ1) is 16.9. The minimum absolute atomic E-state index is 0.671. The molecule has 2 unspecified atom stereocenters. The van der Waals surface area contributed by atoms with Crippen LogP contribution in [-0.2, 0) is 0 Å². The normalized spacial score (nSPS) is 26.7. The molecule has 2 atom stereocenters. The topological polar surface area (TPSA) is 18.5 Å². The Morgan fingerprint density at radius 2 is 1.68 bits per heavy atom. The van der Waals surface area contributed by atoms with Crippen LogP contribution in [0.5, 0.6) is 0 Å². The summed E-state index contributed by atoms with van der Waals surface area (Å²) in [6, 6.07) is 2.02. The third kappa shape index (κ3) is 7.28. The van der Waals surface area contributed by atoms with Crippen molar-refractivity contribution < 1.29 is 0 Å². The van der Waals surface area contributed by atoms with Crippen LogP contribution in [-0.4, -0.2) is 61.2 Å². The summed E-state index contributed by atoms with van der Waals surface area (Å²) >= 11 is 0. The summed E-state index contributed by atoms with van der Waals surface area (Å²) in [6.07, 6.45) is 5.24. The molecular weight excluding hydrogens is 234 g/mol. The second-order valence-corrected chi connectivity index (χ2v) is 6.67. The summed E-state index contributed by atoms with van der Waals surface area (Å²) in [4.78, 5) is 5.12. The van der Waals surface area contributed by atoms with Crippen LogP contribution in [0.2, 0.25) is 0 Å². The zero-order valence-corrected chi connectivity index (χ0v) is 13.8. The lowest BCUT2D eigenvalue weighted by Gasteiger charge is -2.31. The first-order valence-electron chi connectivity index (χ1n) is 8.17. The predicted molar refractivity (Wildman–Crippen MR) is 84.7 cm³/mol. The SMILES string of the molecule is CC1CCN(CCCCN(C)C(C)C)CCC(C)N1. The lowest BCUT2D eigenvalue weighted by Crippen LogP contribution is -2.43. The van der Waals surface area contributed by atoms with Crippen molar-refractivity contribution >= 4 is 0 Å². The van der Waals surface area contributed by atoms with E-state index < -0.39 is 0 Å². The average molecular weight is 269 g/mol. The van der Waals surface area contributed by atoms with Crippen LogP contribution in [0.4, 0.5) is 0 Å². The molecule has 1 heterocycles. The third-order valence-corrected chi connectivity index (χ3v) is 4.44.